The van der Waals surface area contributed by atoms with Gasteiger partial charge in [0.05, 0.1) is 16.8 Å². The van der Waals surface area contributed by atoms with Gasteiger partial charge in [0.25, 0.3) is 5.56 Å². The van der Waals surface area contributed by atoms with Gasteiger partial charge in [0.2, 0.25) is 0 Å². The van der Waals surface area contributed by atoms with E-state index in [0.29, 0.717) is 42.2 Å². The molecule has 30 heavy (non-hydrogen) atoms. The van der Waals surface area contributed by atoms with Gasteiger partial charge in [-0.1, -0.05) is 40.2 Å². The first-order valence-corrected chi connectivity index (χ1v) is 10.3. The molecule has 1 aliphatic rings. The molecular formula is C22H19BrF3N3O. The molecule has 2 aromatic carbocycles. The van der Waals surface area contributed by atoms with Crippen LogP contribution >= 0.6 is 15.9 Å². The third kappa shape index (κ3) is 4.34. The van der Waals surface area contributed by atoms with Crippen molar-refractivity contribution in [2.24, 2.45) is 0 Å². The van der Waals surface area contributed by atoms with Crippen molar-refractivity contribution in [2.75, 3.05) is 6.54 Å². The zero-order valence-electron chi connectivity index (χ0n) is 16.2. The van der Waals surface area contributed by atoms with Crippen molar-refractivity contribution in [3.8, 4) is 11.4 Å². The number of nitrogens with one attached hydrogen (secondary N) is 1. The molecule has 8 heteroatoms. The van der Waals surface area contributed by atoms with Crippen molar-refractivity contribution < 1.29 is 13.2 Å². The summed E-state index contributed by atoms with van der Waals surface area (Å²) in [6.45, 7) is 3.97. The molecule has 4 nitrogen and oxygen atoms in total. The van der Waals surface area contributed by atoms with Crippen LogP contribution in [0.2, 0.25) is 0 Å². The van der Waals surface area contributed by atoms with Gasteiger partial charge in [0.15, 0.2) is 0 Å². The molecule has 156 valence electrons. The standard InChI is InChI=1S/C22H19BrF3N3O/c1-13-2-3-15(18(23)10-13)11-29-9-8-19-17(12-29)21(30)28-20(27-19)14-4-6-16(7-5-14)22(24,25)26/h2-7,10H,8-9,11-12H2,1H3,(H,27,28,30). The summed E-state index contributed by atoms with van der Waals surface area (Å²) in [6, 6.07) is 10.9. The van der Waals surface area contributed by atoms with Gasteiger partial charge in [-0.05, 0) is 36.2 Å². The first-order valence-electron chi connectivity index (χ1n) is 9.48. The number of hydrogen-bond donors (Lipinski definition) is 1. The van der Waals surface area contributed by atoms with E-state index in [1.165, 1.54) is 17.7 Å². The van der Waals surface area contributed by atoms with Crippen LogP contribution in [0.4, 0.5) is 13.2 Å². The lowest BCUT2D eigenvalue weighted by Gasteiger charge is -2.28. The van der Waals surface area contributed by atoms with Crippen molar-refractivity contribution in [1.82, 2.24) is 14.9 Å². The number of nitrogens with zero attached hydrogens (tertiary/aromatic N) is 2. The van der Waals surface area contributed by atoms with Crippen LogP contribution in [-0.2, 0) is 25.7 Å². The highest BCUT2D eigenvalue weighted by Gasteiger charge is 2.30. The summed E-state index contributed by atoms with van der Waals surface area (Å²) < 4.78 is 39.3. The Balaban J connectivity index is 1.56. The molecule has 0 radical (unpaired) electrons. The summed E-state index contributed by atoms with van der Waals surface area (Å²) in [5.41, 5.74) is 3.11. The molecule has 1 aliphatic heterocycles. The fourth-order valence-corrected chi connectivity index (χ4v) is 4.21. The Morgan fingerprint density at radius 3 is 2.57 bits per heavy atom. The second kappa shape index (κ2) is 8.00. The van der Waals surface area contributed by atoms with E-state index in [9.17, 15) is 18.0 Å². The number of aromatic nitrogens is 2. The Labute approximate surface area is 179 Å². The van der Waals surface area contributed by atoms with Gasteiger partial charge in [0.1, 0.15) is 5.82 Å². The zero-order valence-corrected chi connectivity index (χ0v) is 17.8. The highest BCUT2D eigenvalue weighted by Crippen LogP contribution is 2.30. The maximum absolute atomic E-state index is 12.8. The number of halogens is 4. The van der Waals surface area contributed by atoms with Crippen LogP contribution in [0.1, 0.15) is 27.9 Å². The van der Waals surface area contributed by atoms with Gasteiger partial charge in [-0.3, -0.25) is 9.69 Å². The SMILES string of the molecule is Cc1ccc(CN2CCc3nc(-c4ccc(C(F)(F)F)cc4)[nH]c(=O)c3C2)c(Br)c1. The number of rotatable bonds is 3. The lowest BCUT2D eigenvalue weighted by molar-refractivity contribution is -0.137. The molecule has 0 bridgehead atoms. The molecule has 0 unspecified atom stereocenters. The number of hydrogen-bond acceptors (Lipinski definition) is 3. The van der Waals surface area contributed by atoms with E-state index in [4.69, 9.17) is 0 Å². The van der Waals surface area contributed by atoms with Crippen LogP contribution in [0.15, 0.2) is 51.7 Å². The second-order valence-electron chi connectivity index (χ2n) is 7.47. The quantitative estimate of drug-likeness (QED) is 0.571. The molecular weight excluding hydrogens is 459 g/mol. The van der Waals surface area contributed by atoms with Crippen LogP contribution in [0.25, 0.3) is 11.4 Å². The molecule has 3 aromatic rings. The third-order valence-electron chi connectivity index (χ3n) is 5.24. The average Bonchev–Trinajstić information content (AvgIpc) is 2.70. The van der Waals surface area contributed by atoms with E-state index in [-0.39, 0.29) is 5.56 Å². The highest BCUT2D eigenvalue weighted by atomic mass is 79.9. The van der Waals surface area contributed by atoms with E-state index in [0.717, 1.165) is 28.7 Å². The van der Waals surface area contributed by atoms with E-state index in [1.54, 1.807) is 0 Å². The minimum absolute atomic E-state index is 0.248. The number of aromatic amines is 1. The number of H-pyrrole nitrogens is 1. The number of fused-ring (bicyclic) bond motifs is 1. The van der Waals surface area contributed by atoms with Crippen LogP contribution in [0, 0.1) is 6.92 Å². The van der Waals surface area contributed by atoms with Crippen LogP contribution in [-0.4, -0.2) is 21.4 Å². The fourth-order valence-electron chi connectivity index (χ4n) is 3.59. The Hall–Kier alpha value is -2.45. The third-order valence-corrected chi connectivity index (χ3v) is 5.97. The van der Waals surface area contributed by atoms with Crippen LogP contribution in [0.5, 0.6) is 0 Å². The van der Waals surface area contributed by atoms with Gasteiger partial charge >= 0.3 is 6.18 Å². The van der Waals surface area contributed by atoms with Crippen molar-refractivity contribution in [3.63, 3.8) is 0 Å². The predicted molar refractivity (Wildman–Crippen MR) is 112 cm³/mol. The second-order valence-corrected chi connectivity index (χ2v) is 8.32. The van der Waals surface area contributed by atoms with Gasteiger partial charge in [-0.25, -0.2) is 4.98 Å². The number of benzene rings is 2. The molecule has 4 rings (SSSR count). The highest BCUT2D eigenvalue weighted by molar-refractivity contribution is 9.10. The Bertz CT molecular complexity index is 1140. The Kier molecular flexibility index (Phi) is 5.55. The summed E-state index contributed by atoms with van der Waals surface area (Å²) in [6.07, 6.45) is -3.79. The van der Waals surface area contributed by atoms with E-state index in [1.807, 2.05) is 6.92 Å². The van der Waals surface area contributed by atoms with Crippen molar-refractivity contribution in [1.29, 1.82) is 0 Å². The van der Waals surface area contributed by atoms with Gasteiger partial charge in [0, 0.05) is 36.1 Å². The largest absolute Gasteiger partial charge is 0.416 e. The monoisotopic (exact) mass is 477 g/mol. The molecule has 0 saturated carbocycles. The summed E-state index contributed by atoms with van der Waals surface area (Å²) in [7, 11) is 0. The zero-order chi connectivity index (χ0) is 21.5. The molecule has 0 aliphatic carbocycles. The molecule has 0 amide bonds. The molecule has 1 N–H and O–H groups in total. The summed E-state index contributed by atoms with van der Waals surface area (Å²) in [5.74, 6) is 0.294. The molecule has 1 aromatic heterocycles. The summed E-state index contributed by atoms with van der Waals surface area (Å²) in [5, 5.41) is 0. The minimum Gasteiger partial charge on any atom is -0.306 e. The molecule has 0 spiro atoms. The maximum Gasteiger partial charge on any atom is 0.416 e. The van der Waals surface area contributed by atoms with E-state index in [2.05, 4.69) is 49.0 Å². The van der Waals surface area contributed by atoms with Crippen molar-refractivity contribution in [2.45, 2.75) is 32.6 Å². The molecule has 0 saturated heterocycles. The first kappa shape index (κ1) is 20.8. The van der Waals surface area contributed by atoms with Crippen molar-refractivity contribution in [3.05, 3.63) is 85.2 Å². The predicted octanol–water partition coefficient (Wildman–Crippen LogP) is 5.08. The maximum atomic E-state index is 12.8. The van der Waals surface area contributed by atoms with Gasteiger partial charge < -0.3 is 4.98 Å². The average molecular weight is 478 g/mol. The van der Waals surface area contributed by atoms with E-state index >= 15 is 0 Å². The van der Waals surface area contributed by atoms with E-state index < -0.39 is 11.7 Å². The van der Waals surface area contributed by atoms with Crippen LogP contribution < -0.4 is 5.56 Å². The molecule has 2 heterocycles. The Morgan fingerprint density at radius 1 is 1.17 bits per heavy atom. The smallest absolute Gasteiger partial charge is 0.306 e. The lowest BCUT2D eigenvalue weighted by atomic mass is 10.0. The molecule has 0 fully saturated rings. The molecule has 0 atom stereocenters. The first-order chi connectivity index (χ1) is 14.2. The fraction of sp³-hybridized carbons (Fsp3) is 0.273. The Morgan fingerprint density at radius 2 is 1.90 bits per heavy atom. The topological polar surface area (TPSA) is 49.0 Å². The van der Waals surface area contributed by atoms with Gasteiger partial charge in [-0.2, -0.15) is 13.2 Å². The summed E-state index contributed by atoms with van der Waals surface area (Å²) >= 11 is 3.60. The number of aryl methyl sites for hydroxylation is 1. The normalized spacial score (nSPS) is 14.6. The summed E-state index contributed by atoms with van der Waals surface area (Å²) in [4.78, 5) is 22.1. The minimum atomic E-state index is -4.40. The van der Waals surface area contributed by atoms with Crippen molar-refractivity contribution >= 4 is 15.9 Å². The number of alkyl halides is 3. The lowest BCUT2D eigenvalue weighted by Crippen LogP contribution is -2.35. The van der Waals surface area contributed by atoms with Gasteiger partial charge in [-0.15, -0.1) is 0 Å². The van der Waals surface area contributed by atoms with Crippen LogP contribution in [0.3, 0.4) is 0 Å².